The van der Waals surface area contributed by atoms with Gasteiger partial charge in [0.25, 0.3) is 0 Å². The molecule has 75 heavy (non-hydrogen) atoms. The zero-order chi connectivity index (χ0) is 55.2. The summed E-state index contributed by atoms with van der Waals surface area (Å²) in [5, 5.41) is 46.8. The third-order valence-electron chi connectivity index (χ3n) is 14.0. The van der Waals surface area contributed by atoms with Crippen molar-refractivity contribution < 1.29 is 48.6 Å². The Balaban J connectivity index is 1.77. The van der Waals surface area contributed by atoms with E-state index in [1.807, 2.05) is 58.9 Å². The average molecular weight is 1060 g/mol. The van der Waals surface area contributed by atoms with Gasteiger partial charge in [0.2, 0.25) is 41.9 Å². The van der Waals surface area contributed by atoms with Crippen LogP contribution >= 0.6 is 11.8 Å². The van der Waals surface area contributed by atoms with Gasteiger partial charge in [-0.15, -0.1) is 11.8 Å². The Morgan fingerprint density at radius 2 is 1.65 bits per heavy atom. The fourth-order valence-electron chi connectivity index (χ4n) is 9.04. The Kier molecular flexibility index (Phi) is 25.9. The smallest absolute Gasteiger partial charge is 0.245 e. The van der Waals surface area contributed by atoms with Crippen LogP contribution in [0.2, 0.25) is 0 Å². The molecule has 2 heterocycles. The molecule has 2 aromatic carbocycles. The van der Waals surface area contributed by atoms with Gasteiger partial charge in [-0.3, -0.25) is 38.4 Å². The number of likely N-dealkylation sites (N-methyl/N-ethyl adjacent to an activating group) is 1. The summed E-state index contributed by atoms with van der Waals surface area (Å²) in [6.45, 7) is 12.8. The molecule has 9 atom stereocenters. The highest BCUT2D eigenvalue weighted by Gasteiger charge is 2.37. The van der Waals surface area contributed by atoms with Crippen LogP contribution in [0.25, 0.3) is 5.57 Å². The van der Waals surface area contributed by atoms with Crippen LogP contribution in [0.3, 0.4) is 0 Å². The number of Topliss-reactive ketones (excluding diaryl/α,β-unsaturated/α-hetero) is 1. The number of nitrogens with zero attached hydrogens (tertiary/aromatic N) is 1. The summed E-state index contributed by atoms with van der Waals surface area (Å²) >= 11 is 1.27. The summed E-state index contributed by atoms with van der Waals surface area (Å²) in [4.78, 5) is 111. The lowest BCUT2D eigenvalue weighted by molar-refractivity contribution is -0.139. The molecular formula is C54H82N10O10S. The van der Waals surface area contributed by atoms with Crippen LogP contribution in [0.1, 0.15) is 104 Å². The van der Waals surface area contributed by atoms with Crippen molar-refractivity contribution >= 4 is 70.7 Å². The number of anilines is 1. The Bertz CT molecular complexity index is 2280. The second-order valence-corrected chi connectivity index (χ2v) is 21.0. The first-order chi connectivity index (χ1) is 35.8. The quantitative estimate of drug-likeness (QED) is 0.0746. The molecule has 0 saturated carbocycles. The van der Waals surface area contributed by atoms with Crippen LogP contribution in [0.4, 0.5) is 5.69 Å². The summed E-state index contributed by atoms with van der Waals surface area (Å²) in [6, 6.07) is 9.19. The molecule has 1 fully saturated rings. The van der Waals surface area contributed by atoms with Gasteiger partial charge in [0.05, 0.1) is 37.8 Å². The van der Waals surface area contributed by atoms with Crippen molar-refractivity contribution in [2.45, 2.75) is 148 Å². The van der Waals surface area contributed by atoms with E-state index in [1.165, 1.54) is 11.8 Å². The van der Waals surface area contributed by atoms with Crippen LogP contribution in [-0.4, -0.2) is 157 Å². The van der Waals surface area contributed by atoms with Gasteiger partial charge < -0.3 is 63.0 Å². The minimum Gasteiger partial charge on any atom is -0.394 e. The zero-order valence-electron chi connectivity index (χ0n) is 44.9. The number of ketones is 1. The fourth-order valence-corrected chi connectivity index (χ4v) is 10.1. The summed E-state index contributed by atoms with van der Waals surface area (Å²) < 4.78 is 0. The Hall–Kier alpha value is -5.71. The molecule has 2 aliphatic rings. The van der Waals surface area contributed by atoms with Crippen LogP contribution in [0, 0.1) is 11.8 Å². The number of allylic oxidation sites excluding steroid dienone is 1. The normalized spacial score (nSPS) is 22.8. The Labute approximate surface area is 446 Å². The van der Waals surface area contributed by atoms with E-state index in [9.17, 15) is 48.6 Å². The van der Waals surface area contributed by atoms with Gasteiger partial charge in [-0.25, -0.2) is 0 Å². The number of nitrogens with one attached hydrogen (secondary N) is 9. The first kappa shape index (κ1) is 61.8. The lowest BCUT2D eigenvalue weighted by Gasteiger charge is -2.32. The van der Waals surface area contributed by atoms with E-state index in [-0.39, 0.29) is 61.8 Å². The van der Waals surface area contributed by atoms with Crippen molar-refractivity contribution in [1.29, 1.82) is 0 Å². The van der Waals surface area contributed by atoms with E-state index >= 15 is 0 Å². The number of hydrogen-bond acceptors (Lipinski definition) is 14. The van der Waals surface area contributed by atoms with E-state index < -0.39 is 97.5 Å². The van der Waals surface area contributed by atoms with Gasteiger partial charge in [-0.05, 0) is 98.2 Å². The number of aliphatic hydroxyl groups is 2. The summed E-state index contributed by atoms with van der Waals surface area (Å²) in [5.74, 6) is -4.06. The van der Waals surface area contributed by atoms with E-state index in [0.717, 1.165) is 21.6 Å². The highest BCUT2D eigenvalue weighted by molar-refractivity contribution is 8.03. The molecule has 20 nitrogen and oxygen atoms in total. The highest BCUT2D eigenvalue weighted by atomic mass is 32.2. The van der Waals surface area contributed by atoms with Crippen LogP contribution < -0.4 is 47.9 Å². The maximum atomic E-state index is 14.8. The minimum atomic E-state index is -1.39. The average Bonchev–Trinajstić information content (AvgIpc) is 3.88. The predicted octanol–water partition coefficient (Wildman–Crippen LogP) is 1.49. The van der Waals surface area contributed by atoms with Crippen molar-refractivity contribution in [3.05, 3.63) is 70.1 Å². The van der Waals surface area contributed by atoms with Crippen molar-refractivity contribution in [2.24, 2.45) is 11.8 Å². The number of fused-ring (bicyclic) bond motifs is 1. The SMILES string of the molecule is CCc1ccccc1/C1=C(\C)SC[C@H](NC(=O)CNC(=O)C(NC=O)C(C)CC)C(=O)NC(CC(=O)NCc2ccc(NC(=O)C(C)NC)cc2)C(=O)N2CCCC2CNC(CC(O)CO)CNC(C(=O)C(C)C)C1. The van der Waals surface area contributed by atoms with Crippen molar-refractivity contribution in [2.75, 3.05) is 50.9 Å². The minimum absolute atomic E-state index is 0.0402. The molecule has 0 aromatic heterocycles. The number of thioether (sulfide) groups is 1. The van der Waals surface area contributed by atoms with Gasteiger partial charge in [-0.1, -0.05) is 77.4 Å². The molecular weight excluding hydrogens is 981 g/mol. The monoisotopic (exact) mass is 1060 g/mol. The fraction of sp³-hybridized carbons (Fsp3) is 0.593. The number of aryl methyl sites for hydroxylation is 1. The van der Waals surface area contributed by atoms with E-state index in [2.05, 4.69) is 47.9 Å². The maximum absolute atomic E-state index is 14.8. The van der Waals surface area contributed by atoms with Crippen molar-refractivity contribution in [3.63, 3.8) is 0 Å². The van der Waals surface area contributed by atoms with Gasteiger partial charge in [0.1, 0.15) is 18.1 Å². The Morgan fingerprint density at radius 3 is 2.31 bits per heavy atom. The molecule has 8 unspecified atom stereocenters. The molecule has 0 spiro atoms. The highest BCUT2D eigenvalue weighted by Crippen LogP contribution is 2.34. The van der Waals surface area contributed by atoms with Crippen LogP contribution in [0.15, 0.2) is 53.4 Å². The first-order valence-corrected chi connectivity index (χ1v) is 27.2. The van der Waals surface area contributed by atoms with Gasteiger partial charge in [-0.2, -0.15) is 0 Å². The van der Waals surface area contributed by atoms with Crippen LogP contribution in [-0.2, 0) is 51.3 Å². The third-order valence-corrected chi connectivity index (χ3v) is 15.2. The lowest BCUT2D eigenvalue weighted by Crippen LogP contribution is -2.58. The number of amides is 7. The zero-order valence-corrected chi connectivity index (χ0v) is 45.7. The summed E-state index contributed by atoms with van der Waals surface area (Å²) in [6.07, 6.45) is 1.74. The van der Waals surface area contributed by atoms with Crippen LogP contribution in [0.5, 0.6) is 0 Å². The third kappa shape index (κ3) is 19.1. The molecule has 1 saturated heterocycles. The molecule has 0 bridgehead atoms. The Morgan fingerprint density at radius 1 is 0.933 bits per heavy atom. The first-order valence-electron chi connectivity index (χ1n) is 26.3. The lowest BCUT2D eigenvalue weighted by atomic mass is 9.89. The number of hydrogen-bond donors (Lipinski definition) is 11. The molecule has 414 valence electrons. The predicted molar refractivity (Wildman–Crippen MR) is 291 cm³/mol. The molecule has 2 aromatic rings. The van der Waals surface area contributed by atoms with Gasteiger partial charge in [0.15, 0.2) is 5.78 Å². The molecule has 0 radical (unpaired) electrons. The molecule has 0 aliphatic carbocycles. The number of aliphatic hydroxyl groups excluding tert-OH is 2. The van der Waals surface area contributed by atoms with E-state index in [1.54, 1.807) is 50.1 Å². The second-order valence-electron chi connectivity index (χ2n) is 19.8. The number of rotatable bonds is 22. The standard InChI is InChI=1S/C54H82N10O10S/c1-9-33(5)49(60-31-66)53(73)59-28-48(69)62-46-30-75-35(7)43(42-16-12-11-14-37(42)10-2)23-44(50(70)32(3)4)57-26-39(22-41(67)29-65)56-27-40-15-13-21-64(40)54(74)45(63-52(46)72)24-47(68)58-25-36-17-19-38(20-18-36)61-51(71)34(6)55-8/h11-12,14,16-20,31-34,39-41,44-46,49,55-57,65,67H,9-10,13,15,21-30H2,1-8H3,(H,58,68)(H,59,73)(H,60,66)(H,61,71)(H,62,69)(H,63,72)/b43-35+/t33?,34?,39?,40?,41?,44?,45?,46-,49?/m0/s1. The van der Waals surface area contributed by atoms with Crippen molar-refractivity contribution in [1.82, 2.24) is 47.4 Å². The molecule has 21 heteroatoms. The second kappa shape index (κ2) is 31.4. The topological polar surface area (TPSA) is 289 Å². The van der Waals surface area contributed by atoms with Gasteiger partial charge in [0, 0.05) is 55.6 Å². The summed E-state index contributed by atoms with van der Waals surface area (Å²) in [7, 11) is 1.68. The number of carbonyl (C=O) groups is 8. The molecule has 2 aliphatic heterocycles. The number of carbonyl (C=O) groups excluding carboxylic acids is 8. The molecule has 7 amide bonds. The maximum Gasteiger partial charge on any atom is 0.245 e. The molecule has 11 N–H and O–H groups in total. The summed E-state index contributed by atoms with van der Waals surface area (Å²) in [5.41, 5.74) is 4.03. The van der Waals surface area contributed by atoms with Crippen molar-refractivity contribution in [3.8, 4) is 0 Å². The van der Waals surface area contributed by atoms with E-state index in [4.69, 9.17) is 0 Å². The number of benzene rings is 2. The van der Waals surface area contributed by atoms with Gasteiger partial charge >= 0.3 is 0 Å². The molecule has 4 rings (SSSR count). The largest absolute Gasteiger partial charge is 0.394 e. The van der Waals surface area contributed by atoms with E-state index in [0.29, 0.717) is 49.9 Å².